The van der Waals surface area contributed by atoms with E-state index in [1.54, 1.807) is 11.3 Å². The summed E-state index contributed by atoms with van der Waals surface area (Å²) in [5.41, 5.74) is 4.44. The van der Waals surface area contributed by atoms with Crippen molar-refractivity contribution < 1.29 is 0 Å². The van der Waals surface area contributed by atoms with Crippen LogP contribution < -0.4 is 5.32 Å². The standard InChI is InChI=1S/C18H24N6S/c1-12-17(16-8-9-24(22-16)15-6-4-5-7-15)25-18(21-12)19-10-14-11-20-23(3)13(14)2/h8-9,11,15H,4-7,10H2,1-3H3,(H,19,21). The van der Waals surface area contributed by atoms with Gasteiger partial charge in [0.1, 0.15) is 5.69 Å². The summed E-state index contributed by atoms with van der Waals surface area (Å²) in [5.74, 6) is 0. The van der Waals surface area contributed by atoms with Crippen molar-refractivity contribution >= 4 is 16.5 Å². The lowest BCUT2D eigenvalue weighted by atomic mass is 10.2. The fourth-order valence-corrected chi connectivity index (χ4v) is 4.36. The van der Waals surface area contributed by atoms with Gasteiger partial charge in [0, 0.05) is 31.0 Å². The summed E-state index contributed by atoms with van der Waals surface area (Å²) in [7, 11) is 1.96. The molecule has 1 N–H and O–H groups in total. The first kappa shape index (κ1) is 16.3. The van der Waals surface area contributed by atoms with Crippen LogP contribution in [0.2, 0.25) is 0 Å². The van der Waals surface area contributed by atoms with Crippen LogP contribution in [0.1, 0.15) is 48.7 Å². The maximum absolute atomic E-state index is 4.82. The Labute approximate surface area is 151 Å². The average Bonchev–Trinajstić information content (AvgIpc) is 3.36. The van der Waals surface area contributed by atoms with Gasteiger partial charge < -0.3 is 5.32 Å². The molecule has 132 valence electrons. The Hall–Kier alpha value is -2.15. The number of hydrogen-bond acceptors (Lipinski definition) is 5. The number of aromatic nitrogens is 5. The van der Waals surface area contributed by atoms with Crippen LogP contribution in [-0.4, -0.2) is 24.5 Å². The minimum atomic E-state index is 0.577. The summed E-state index contributed by atoms with van der Waals surface area (Å²) in [6.45, 7) is 4.88. The molecule has 0 amide bonds. The van der Waals surface area contributed by atoms with E-state index in [0.29, 0.717) is 6.04 Å². The lowest BCUT2D eigenvalue weighted by Gasteiger charge is -2.08. The zero-order valence-electron chi connectivity index (χ0n) is 15.0. The number of thiazole rings is 1. The Morgan fingerprint density at radius 3 is 2.80 bits per heavy atom. The molecule has 0 radical (unpaired) electrons. The van der Waals surface area contributed by atoms with Gasteiger partial charge >= 0.3 is 0 Å². The highest BCUT2D eigenvalue weighted by Gasteiger charge is 2.19. The smallest absolute Gasteiger partial charge is 0.183 e. The van der Waals surface area contributed by atoms with E-state index in [2.05, 4.69) is 46.2 Å². The van der Waals surface area contributed by atoms with Crippen molar-refractivity contribution in [1.29, 1.82) is 0 Å². The zero-order valence-corrected chi connectivity index (χ0v) is 15.8. The third kappa shape index (κ3) is 3.20. The number of anilines is 1. The molecule has 0 unspecified atom stereocenters. The first-order valence-corrected chi connectivity index (χ1v) is 9.68. The second-order valence-corrected chi connectivity index (χ2v) is 7.78. The van der Waals surface area contributed by atoms with Crippen molar-refractivity contribution in [2.75, 3.05) is 5.32 Å². The molecule has 1 aliphatic carbocycles. The summed E-state index contributed by atoms with van der Waals surface area (Å²) >= 11 is 1.68. The highest BCUT2D eigenvalue weighted by atomic mass is 32.1. The molecule has 3 heterocycles. The molecule has 25 heavy (non-hydrogen) atoms. The van der Waals surface area contributed by atoms with E-state index in [0.717, 1.165) is 27.9 Å². The normalized spacial score (nSPS) is 15.2. The molecule has 3 aromatic heterocycles. The number of aryl methyl sites for hydroxylation is 2. The minimum Gasteiger partial charge on any atom is -0.357 e. The molecule has 1 fully saturated rings. The molecular formula is C18H24N6S. The molecule has 0 aliphatic heterocycles. The average molecular weight is 356 g/mol. The third-order valence-electron chi connectivity index (χ3n) is 5.10. The van der Waals surface area contributed by atoms with Crippen molar-refractivity contribution in [3.05, 3.63) is 35.4 Å². The summed E-state index contributed by atoms with van der Waals surface area (Å²) in [4.78, 5) is 5.83. The van der Waals surface area contributed by atoms with E-state index in [-0.39, 0.29) is 0 Å². The predicted molar refractivity (Wildman–Crippen MR) is 101 cm³/mol. The number of rotatable bonds is 5. The second-order valence-electron chi connectivity index (χ2n) is 6.79. The van der Waals surface area contributed by atoms with Crippen LogP contribution in [0.5, 0.6) is 0 Å². The lowest BCUT2D eigenvalue weighted by Crippen LogP contribution is -2.04. The van der Waals surface area contributed by atoms with Gasteiger partial charge in [0.25, 0.3) is 0 Å². The highest BCUT2D eigenvalue weighted by molar-refractivity contribution is 7.19. The Bertz CT molecular complexity index is 868. The van der Waals surface area contributed by atoms with Crippen molar-refractivity contribution in [3.8, 4) is 10.6 Å². The molecule has 7 heteroatoms. The third-order valence-corrected chi connectivity index (χ3v) is 6.24. The van der Waals surface area contributed by atoms with E-state index in [1.165, 1.54) is 36.9 Å². The fourth-order valence-electron chi connectivity index (χ4n) is 3.43. The molecule has 0 saturated heterocycles. The van der Waals surface area contributed by atoms with Crippen molar-refractivity contribution in [2.24, 2.45) is 7.05 Å². The Morgan fingerprint density at radius 2 is 2.08 bits per heavy atom. The van der Waals surface area contributed by atoms with Gasteiger partial charge in [-0.15, -0.1) is 0 Å². The van der Waals surface area contributed by atoms with Gasteiger partial charge in [0.2, 0.25) is 0 Å². The van der Waals surface area contributed by atoms with Gasteiger partial charge in [0.05, 0.1) is 22.8 Å². The summed E-state index contributed by atoms with van der Waals surface area (Å²) < 4.78 is 4.04. The molecule has 6 nitrogen and oxygen atoms in total. The Morgan fingerprint density at radius 1 is 1.28 bits per heavy atom. The van der Waals surface area contributed by atoms with Crippen molar-refractivity contribution in [3.63, 3.8) is 0 Å². The quantitative estimate of drug-likeness (QED) is 0.748. The van der Waals surface area contributed by atoms with Gasteiger partial charge in [-0.3, -0.25) is 9.36 Å². The molecule has 0 aromatic carbocycles. The largest absolute Gasteiger partial charge is 0.357 e. The molecule has 0 spiro atoms. The summed E-state index contributed by atoms with van der Waals surface area (Å²) in [6, 6.07) is 2.70. The van der Waals surface area contributed by atoms with Gasteiger partial charge in [0.15, 0.2) is 5.13 Å². The lowest BCUT2D eigenvalue weighted by molar-refractivity contribution is 0.468. The van der Waals surface area contributed by atoms with Crippen LogP contribution in [0.25, 0.3) is 10.6 Å². The van der Waals surface area contributed by atoms with Crippen LogP contribution >= 0.6 is 11.3 Å². The molecule has 1 saturated carbocycles. The van der Waals surface area contributed by atoms with Crippen LogP contribution in [0.15, 0.2) is 18.5 Å². The molecular weight excluding hydrogens is 332 g/mol. The summed E-state index contributed by atoms with van der Waals surface area (Å²) in [5, 5.41) is 13.5. The predicted octanol–water partition coefficient (Wildman–Crippen LogP) is 4.08. The number of nitrogens with one attached hydrogen (secondary N) is 1. The molecule has 1 aliphatic rings. The fraction of sp³-hybridized carbons (Fsp3) is 0.500. The monoisotopic (exact) mass is 356 g/mol. The van der Waals surface area contributed by atoms with E-state index in [9.17, 15) is 0 Å². The Balaban J connectivity index is 1.49. The maximum Gasteiger partial charge on any atom is 0.183 e. The van der Waals surface area contributed by atoms with Crippen LogP contribution in [0.3, 0.4) is 0 Å². The zero-order chi connectivity index (χ0) is 17.4. The van der Waals surface area contributed by atoms with Gasteiger partial charge in [-0.2, -0.15) is 10.2 Å². The van der Waals surface area contributed by atoms with Crippen LogP contribution in [-0.2, 0) is 13.6 Å². The van der Waals surface area contributed by atoms with Gasteiger partial charge in [-0.25, -0.2) is 4.98 Å². The second kappa shape index (κ2) is 6.63. The first-order chi connectivity index (χ1) is 12.1. The minimum absolute atomic E-state index is 0.577. The number of nitrogens with zero attached hydrogens (tertiary/aromatic N) is 5. The van der Waals surface area contributed by atoms with Crippen molar-refractivity contribution in [2.45, 2.75) is 52.1 Å². The van der Waals surface area contributed by atoms with E-state index < -0.39 is 0 Å². The Kier molecular flexibility index (Phi) is 4.33. The molecule has 3 aromatic rings. The van der Waals surface area contributed by atoms with Crippen LogP contribution in [0.4, 0.5) is 5.13 Å². The SMILES string of the molecule is Cc1nc(NCc2cnn(C)c2C)sc1-c1ccn(C2CCCC2)n1. The van der Waals surface area contributed by atoms with Gasteiger partial charge in [-0.05, 0) is 32.8 Å². The van der Waals surface area contributed by atoms with E-state index in [4.69, 9.17) is 5.10 Å². The van der Waals surface area contributed by atoms with Gasteiger partial charge in [-0.1, -0.05) is 24.2 Å². The number of hydrogen-bond donors (Lipinski definition) is 1. The molecule has 0 atom stereocenters. The molecule has 0 bridgehead atoms. The van der Waals surface area contributed by atoms with Crippen molar-refractivity contribution in [1.82, 2.24) is 24.5 Å². The van der Waals surface area contributed by atoms with E-state index in [1.807, 2.05) is 17.9 Å². The van der Waals surface area contributed by atoms with Crippen LogP contribution in [0, 0.1) is 13.8 Å². The maximum atomic E-state index is 4.82. The van der Waals surface area contributed by atoms with E-state index >= 15 is 0 Å². The highest BCUT2D eigenvalue weighted by Crippen LogP contribution is 2.34. The first-order valence-electron chi connectivity index (χ1n) is 8.86. The summed E-state index contributed by atoms with van der Waals surface area (Å²) in [6.07, 6.45) is 9.17. The topological polar surface area (TPSA) is 60.6 Å². The molecule has 4 rings (SSSR count).